The maximum Gasteiger partial charge on any atom is 0.115 e. The second-order valence-corrected chi connectivity index (χ2v) is 3.67. The van der Waals surface area contributed by atoms with Crippen LogP contribution in [0.4, 0.5) is 0 Å². The highest BCUT2D eigenvalue weighted by atomic mass is 16.3. The Morgan fingerprint density at radius 3 is 3.07 bits per heavy atom. The molecule has 0 aliphatic carbocycles. The Hall–Kier alpha value is -1.35. The van der Waals surface area contributed by atoms with Gasteiger partial charge in [-0.3, -0.25) is 0 Å². The van der Waals surface area contributed by atoms with Crippen molar-refractivity contribution in [1.29, 1.82) is 0 Å². The maximum atomic E-state index is 9.30. The summed E-state index contributed by atoms with van der Waals surface area (Å²) in [7, 11) is 0. The Bertz CT molecular complexity index is 445. The van der Waals surface area contributed by atoms with Crippen molar-refractivity contribution < 1.29 is 5.11 Å². The molecule has 0 spiro atoms. The molecule has 2 aromatic heterocycles. The number of hydrogen-bond acceptors (Lipinski definition) is 2. The van der Waals surface area contributed by atoms with Gasteiger partial charge in [0.05, 0.1) is 17.8 Å². The molecule has 14 heavy (non-hydrogen) atoms. The monoisotopic (exact) mass is 190 g/mol. The maximum absolute atomic E-state index is 9.30. The highest BCUT2D eigenvalue weighted by Crippen LogP contribution is 2.12. The molecule has 2 aromatic rings. The quantitative estimate of drug-likeness (QED) is 0.780. The van der Waals surface area contributed by atoms with Crippen LogP contribution in [-0.4, -0.2) is 20.6 Å². The number of nitrogens with zero attached hydrogens (tertiary/aromatic N) is 2. The third kappa shape index (κ3) is 1.51. The van der Waals surface area contributed by atoms with E-state index in [9.17, 15) is 5.11 Å². The van der Waals surface area contributed by atoms with Crippen molar-refractivity contribution in [2.75, 3.05) is 0 Å². The molecular weight excluding hydrogens is 176 g/mol. The zero-order chi connectivity index (χ0) is 10.1. The van der Waals surface area contributed by atoms with E-state index in [0.717, 1.165) is 11.3 Å². The number of rotatable bonds is 2. The molecule has 0 aliphatic rings. The van der Waals surface area contributed by atoms with Crippen LogP contribution in [0.5, 0.6) is 0 Å². The minimum absolute atomic E-state index is 0.346. The Morgan fingerprint density at radius 1 is 1.57 bits per heavy atom. The van der Waals surface area contributed by atoms with E-state index in [2.05, 4.69) is 18.0 Å². The minimum atomic E-state index is -0.346. The van der Waals surface area contributed by atoms with Gasteiger partial charge in [-0.15, -0.1) is 0 Å². The Labute approximate surface area is 83.0 Å². The van der Waals surface area contributed by atoms with E-state index in [4.69, 9.17) is 0 Å². The van der Waals surface area contributed by atoms with Crippen LogP contribution in [-0.2, 0) is 6.42 Å². The highest BCUT2D eigenvalue weighted by Gasteiger charge is 2.06. The van der Waals surface area contributed by atoms with Gasteiger partial charge in [-0.25, -0.2) is 4.98 Å². The van der Waals surface area contributed by atoms with E-state index in [0.29, 0.717) is 6.42 Å². The smallest absolute Gasteiger partial charge is 0.115 e. The third-order valence-corrected chi connectivity index (χ3v) is 2.34. The van der Waals surface area contributed by atoms with E-state index in [1.807, 2.05) is 22.9 Å². The lowest BCUT2D eigenvalue weighted by atomic mass is 10.2. The highest BCUT2D eigenvalue weighted by molar-refractivity contribution is 5.53. The van der Waals surface area contributed by atoms with Gasteiger partial charge in [-0.05, 0) is 25.5 Å². The Kier molecular flexibility index (Phi) is 2.25. The van der Waals surface area contributed by atoms with Crippen LogP contribution < -0.4 is 0 Å². The number of hydrogen-bond donors (Lipinski definition) is 1. The lowest BCUT2D eigenvalue weighted by molar-refractivity contribution is 0.192. The normalized spacial score (nSPS) is 13.4. The van der Waals surface area contributed by atoms with Gasteiger partial charge in [-0.1, -0.05) is 6.07 Å². The summed E-state index contributed by atoms with van der Waals surface area (Å²) < 4.78 is 2.03. The van der Waals surface area contributed by atoms with Gasteiger partial charge in [0.2, 0.25) is 0 Å². The third-order valence-electron chi connectivity index (χ3n) is 2.34. The van der Waals surface area contributed by atoms with Crippen molar-refractivity contribution in [1.82, 2.24) is 9.38 Å². The van der Waals surface area contributed by atoms with E-state index in [1.165, 1.54) is 5.56 Å². The summed E-state index contributed by atoms with van der Waals surface area (Å²) >= 11 is 0. The van der Waals surface area contributed by atoms with E-state index < -0.39 is 0 Å². The average molecular weight is 190 g/mol. The molecule has 2 rings (SSSR count). The molecule has 0 saturated heterocycles. The van der Waals surface area contributed by atoms with Gasteiger partial charge in [0.1, 0.15) is 5.82 Å². The predicted molar refractivity (Wildman–Crippen MR) is 55.3 cm³/mol. The van der Waals surface area contributed by atoms with Crippen molar-refractivity contribution in [2.45, 2.75) is 26.4 Å². The molecule has 0 fully saturated rings. The molecule has 1 unspecified atom stereocenters. The van der Waals surface area contributed by atoms with Gasteiger partial charge < -0.3 is 9.51 Å². The van der Waals surface area contributed by atoms with Crippen LogP contribution in [0.2, 0.25) is 0 Å². The lowest BCUT2D eigenvalue weighted by Crippen LogP contribution is -2.07. The fourth-order valence-corrected chi connectivity index (χ4v) is 1.63. The van der Waals surface area contributed by atoms with Crippen molar-refractivity contribution >= 4 is 5.52 Å². The summed E-state index contributed by atoms with van der Waals surface area (Å²) in [6.45, 7) is 3.83. The van der Waals surface area contributed by atoms with Gasteiger partial charge >= 0.3 is 0 Å². The summed E-state index contributed by atoms with van der Waals surface area (Å²) in [5.41, 5.74) is 2.32. The first-order valence-corrected chi connectivity index (χ1v) is 4.78. The molecule has 0 saturated carbocycles. The number of aryl methyl sites for hydroxylation is 1. The zero-order valence-electron chi connectivity index (χ0n) is 8.44. The summed E-state index contributed by atoms with van der Waals surface area (Å²) in [4.78, 5) is 4.30. The molecular formula is C11H14N2O. The van der Waals surface area contributed by atoms with Crippen molar-refractivity contribution in [3.8, 4) is 0 Å². The minimum Gasteiger partial charge on any atom is -0.393 e. The SMILES string of the molecule is Cc1cccn2c(CC(C)O)ncc12. The van der Waals surface area contributed by atoms with Crippen LogP contribution in [0.25, 0.3) is 5.52 Å². The lowest BCUT2D eigenvalue weighted by Gasteiger charge is -2.04. The molecule has 3 nitrogen and oxygen atoms in total. The zero-order valence-corrected chi connectivity index (χ0v) is 8.44. The second kappa shape index (κ2) is 3.42. The van der Waals surface area contributed by atoms with E-state index in [1.54, 1.807) is 6.92 Å². The van der Waals surface area contributed by atoms with Crippen LogP contribution >= 0.6 is 0 Å². The first-order valence-electron chi connectivity index (χ1n) is 4.78. The number of aliphatic hydroxyl groups is 1. The van der Waals surface area contributed by atoms with Gasteiger partial charge in [0.25, 0.3) is 0 Å². The number of imidazole rings is 1. The van der Waals surface area contributed by atoms with Crippen molar-refractivity contribution in [3.05, 3.63) is 35.9 Å². The van der Waals surface area contributed by atoms with Crippen LogP contribution in [0.15, 0.2) is 24.5 Å². The molecule has 3 heteroatoms. The number of pyridine rings is 1. The molecule has 0 amide bonds. The average Bonchev–Trinajstić information content (AvgIpc) is 2.49. The van der Waals surface area contributed by atoms with E-state index >= 15 is 0 Å². The van der Waals surface area contributed by atoms with E-state index in [-0.39, 0.29) is 6.10 Å². The Morgan fingerprint density at radius 2 is 2.36 bits per heavy atom. The largest absolute Gasteiger partial charge is 0.393 e. The van der Waals surface area contributed by atoms with Crippen molar-refractivity contribution in [3.63, 3.8) is 0 Å². The van der Waals surface area contributed by atoms with Crippen molar-refractivity contribution in [2.24, 2.45) is 0 Å². The fourth-order valence-electron chi connectivity index (χ4n) is 1.63. The number of aliphatic hydroxyl groups excluding tert-OH is 1. The van der Waals surface area contributed by atoms with Gasteiger partial charge in [0, 0.05) is 12.6 Å². The standard InChI is InChI=1S/C11H14N2O/c1-8-4-3-5-13-10(8)7-12-11(13)6-9(2)14/h3-5,7,9,14H,6H2,1-2H3. The Balaban J connectivity index is 2.52. The molecule has 0 bridgehead atoms. The molecule has 2 heterocycles. The fraction of sp³-hybridized carbons (Fsp3) is 0.364. The summed E-state index contributed by atoms with van der Waals surface area (Å²) in [6, 6.07) is 4.05. The van der Waals surface area contributed by atoms with Crippen LogP contribution in [0.1, 0.15) is 18.3 Å². The van der Waals surface area contributed by atoms with Gasteiger partial charge in [-0.2, -0.15) is 0 Å². The summed E-state index contributed by atoms with van der Waals surface area (Å²) in [6.07, 6.45) is 4.08. The molecule has 0 aliphatic heterocycles. The topological polar surface area (TPSA) is 37.5 Å². The molecule has 1 N–H and O–H groups in total. The predicted octanol–water partition coefficient (Wildman–Crippen LogP) is 1.57. The molecule has 0 aromatic carbocycles. The first kappa shape index (κ1) is 9.21. The molecule has 74 valence electrons. The number of aromatic nitrogens is 2. The molecule has 1 atom stereocenters. The summed E-state index contributed by atoms with van der Waals surface area (Å²) in [5, 5.41) is 9.30. The first-order chi connectivity index (χ1) is 6.68. The van der Waals surface area contributed by atoms with Gasteiger partial charge in [0.15, 0.2) is 0 Å². The van der Waals surface area contributed by atoms with Crippen LogP contribution in [0.3, 0.4) is 0 Å². The summed E-state index contributed by atoms with van der Waals surface area (Å²) in [5.74, 6) is 0.915. The number of fused-ring (bicyclic) bond motifs is 1. The second-order valence-electron chi connectivity index (χ2n) is 3.67. The van der Waals surface area contributed by atoms with Crippen LogP contribution in [0, 0.1) is 6.92 Å². The molecule has 0 radical (unpaired) electrons.